The van der Waals surface area contributed by atoms with Crippen molar-refractivity contribution in [3.63, 3.8) is 0 Å². The van der Waals surface area contributed by atoms with Crippen molar-refractivity contribution in [2.75, 3.05) is 16.0 Å². The Kier molecular flexibility index (Phi) is 5.09. The van der Waals surface area contributed by atoms with E-state index in [9.17, 15) is 14.4 Å². The molecule has 3 amide bonds. The molecule has 4 rings (SSSR count). The molecule has 29 heavy (non-hydrogen) atoms. The molecule has 0 radical (unpaired) electrons. The second-order valence-corrected chi connectivity index (χ2v) is 8.13. The first-order valence-electron chi connectivity index (χ1n) is 10.0. The summed E-state index contributed by atoms with van der Waals surface area (Å²) in [6.45, 7) is 3.96. The van der Waals surface area contributed by atoms with Crippen molar-refractivity contribution in [3.05, 3.63) is 53.6 Å². The number of rotatable bonds is 6. The van der Waals surface area contributed by atoms with Crippen LogP contribution in [0.5, 0.6) is 0 Å². The van der Waals surface area contributed by atoms with E-state index in [1.165, 1.54) is 0 Å². The van der Waals surface area contributed by atoms with Gasteiger partial charge in [-0.3, -0.25) is 14.4 Å². The van der Waals surface area contributed by atoms with Crippen LogP contribution in [0, 0.1) is 24.7 Å². The van der Waals surface area contributed by atoms with Crippen LogP contribution in [0.2, 0.25) is 0 Å². The molecule has 2 fully saturated rings. The number of hydrogen-bond donors (Lipinski definition) is 3. The molecular weight excluding hydrogens is 366 g/mol. The average Bonchev–Trinajstić information content (AvgIpc) is 3.60. The monoisotopic (exact) mass is 391 g/mol. The molecule has 0 heterocycles. The van der Waals surface area contributed by atoms with Gasteiger partial charge in [0, 0.05) is 34.5 Å². The fourth-order valence-electron chi connectivity index (χ4n) is 3.25. The van der Waals surface area contributed by atoms with Gasteiger partial charge >= 0.3 is 0 Å². The highest BCUT2D eigenvalue weighted by Crippen LogP contribution is 2.38. The molecular formula is C23H25N3O3. The van der Waals surface area contributed by atoms with Crippen LogP contribution in [0.3, 0.4) is 0 Å². The topological polar surface area (TPSA) is 87.3 Å². The van der Waals surface area contributed by atoms with Crippen LogP contribution in [-0.4, -0.2) is 17.7 Å². The number of benzene rings is 2. The lowest BCUT2D eigenvalue weighted by Gasteiger charge is -2.12. The van der Waals surface area contributed by atoms with E-state index >= 15 is 0 Å². The summed E-state index contributed by atoms with van der Waals surface area (Å²) in [5, 5.41) is 8.69. The van der Waals surface area contributed by atoms with Crippen molar-refractivity contribution in [1.29, 1.82) is 0 Å². The van der Waals surface area contributed by atoms with Crippen LogP contribution in [0.1, 0.15) is 42.1 Å². The molecule has 2 saturated carbocycles. The summed E-state index contributed by atoms with van der Waals surface area (Å²) in [4.78, 5) is 36.6. The normalized spacial score (nSPS) is 19.9. The molecule has 0 aromatic heterocycles. The number of carbonyl (C=O) groups excluding carboxylic acids is 3. The molecule has 2 unspecified atom stereocenters. The zero-order valence-electron chi connectivity index (χ0n) is 16.6. The lowest BCUT2D eigenvalue weighted by molar-refractivity contribution is -0.118. The minimum atomic E-state index is -0.243. The Labute approximate surface area is 170 Å². The van der Waals surface area contributed by atoms with Crippen LogP contribution in [0.15, 0.2) is 42.5 Å². The predicted octanol–water partition coefficient (Wildman–Crippen LogP) is 4.19. The van der Waals surface area contributed by atoms with Crippen molar-refractivity contribution in [2.45, 2.75) is 33.1 Å². The third-order valence-corrected chi connectivity index (χ3v) is 5.56. The van der Waals surface area contributed by atoms with Gasteiger partial charge in [0.25, 0.3) is 5.91 Å². The van der Waals surface area contributed by atoms with Gasteiger partial charge in [-0.15, -0.1) is 0 Å². The summed E-state index contributed by atoms with van der Waals surface area (Å²) in [6.07, 6.45) is 2.82. The number of amides is 3. The minimum Gasteiger partial charge on any atom is -0.326 e. The molecule has 0 spiro atoms. The fourth-order valence-corrected chi connectivity index (χ4v) is 3.25. The molecule has 3 N–H and O–H groups in total. The van der Waals surface area contributed by atoms with E-state index in [0.717, 1.165) is 24.8 Å². The maximum absolute atomic E-state index is 12.6. The quantitative estimate of drug-likeness (QED) is 0.690. The summed E-state index contributed by atoms with van der Waals surface area (Å²) in [6, 6.07) is 12.3. The number of anilines is 3. The van der Waals surface area contributed by atoms with Crippen LogP contribution in [-0.2, 0) is 9.59 Å². The van der Waals surface area contributed by atoms with Gasteiger partial charge in [0.05, 0.1) is 0 Å². The first-order chi connectivity index (χ1) is 13.9. The fraction of sp³-hybridized carbons (Fsp3) is 0.348. The number of carbonyl (C=O) groups is 3. The van der Waals surface area contributed by atoms with Crippen molar-refractivity contribution in [3.8, 4) is 0 Å². The molecule has 6 nitrogen and oxygen atoms in total. The van der Waals surface area contributed by atoms with Crippen LogP contribution in [0.25, 0.3) is 0 Å². The summed E-state index contributed by atoms with van der Waals surface area (Å²) in [5.41, 5.74) is 3.42. The molecule has 2 aromatic rings. The first-order valence-corrected chi connectivity index (χ1v) is 10.0. The lowest BCUT2D eigenvalue weighted by atomic mass is 10.1. The van der Waals surface area contributed by atoms with Crippen molar-refractivity contribution >= 4 is 34.8 Å². The molecule has 0 aliphatic heterocycles. The van der Waals surface area contributed by atoms with Gasteiger partial charge in [0.1, 0.15) is 0 Å². The van der Waals surface area contributed by atoms with Gasteiger partial charge in [-0.2, -0.15) is 0 Å². The highest BCUT2D eigenvalue weighted by Gasteiger charge is 2.39. The summed E-state index contributed by atoms with van der Waals surface area (Å²) in [7, 11) is 0. The molecule has 2 atom stereocenters. The second-order valence-electron chi connectivity index (χ2n) is 8.13. The van der Waals surface area contributed by atoms with E-state index in [0.29, 0.717) is 28.5 Å². The minimum absolute atomic E-state index is 0.0318. The van der Waals surface area contributed by atoms with Gasteiger partial charge in [-0.25, -0.2) is 0 Å². The van der Waals surface area contributed by atoms with Crippen LogP contribution >= 0.6 is 0 Å². The third-order valence-electron chi connectivity index (χ3n) is 5.56. The zero-order valence-corrected chi connectivity index (χ0v) is 16.6. The number of hydrogen-bond acceptors (Lipinski definition) is 3. The Morgan fingerprint density at radius 1 is 0.862 bits per heavy atom. The maximum atomic E-state index is 12.6. The van der Waals surface area contributed by atoms with E-state index in [-0.39, 0.29) is 29.6 Å². The largest absolute Gasteiger partial charge is 0.326 e. The highest BCUT2D eigenvalue weighted by atomic mass is 16.2. The van der Waals surface area contributed by atoms with Gasteiger partial charge in [-0.05, 0) is 74.1 Å². The van der Waals surface area contributed by atoms with E-state index in [4.69, 9.17) is 0 Å². The summed E-state index contributed by atoms with van der Waals surface area (Å²) < 4.78 is 0. The van der Waals surface area contributed by atoms with Crippen LogP contribution in [0.4, 0.5) is 17.1 Å². The van der Waals surface area contributed by atoms with Crippen LogP contribution < -0.4 is 16.0 Å². The predicted molar refractivity (Wildman–Crippen MR) is 113 cm³/mol. The average molecular weight is 391 g/mol. The SMILES string of the molecule is Cc1ccc(NC(=O)C2CC2)cc1NC(=O)c1ccc(NC(=O)C2CC2C)cc1. The Morgan fingerprint density at radius 2 is 1.48 bits per heavy atom. The number of nitrogens with one attached hydrogen (secondary N) is 3. The first kappa shape index (κ1) is 19.2. The molecule has 6 heteroatoms. The Morgan fingerprint density at radius 3 is 2.10 bits per heavy atom. The molecule has 150 valence electrons. The molecule has 0 saturated heterocycles. The Bertz CT molecular complexity index is 964. The lowest BCUT2D eigenvalue weighted by Crippen LogP contribution is -2.16. The second kappa shape index (κ2) is 7.70. The van der Waals surface area contributed by atoms with Crippen molar-refractivity contribution < 1.29 is 14.4 Å². The van der Waals surface area contributed by atoms with Gasteiger partial charge in [0.15, 0.2) is 0 Å². The Hall–Kier alpha value is -3.15. The number of aryl methyl sites for hydroxylation is 1. The maximum Gasteiger partial charge on any atom is 0.255 e. The smallest absolute Gasteiger partial charge is 0.255 e. The summed E-state index contributed by atoms with van der Waals surface area (Å²) in [5.74, 6) is 0.505. The molecule has 2 aromatic carbocycles. The van der Waals surface area contributed by atoms with Crippen molar-refractivity contribution in [2.24, 2.45) is 17.8 Å². The standard InChI is InChI=1S/C23H25N3O3/c1-13-3-8-18(25-21(27)15-4-5-15)12-20(13)26-22(28)16-6-9-17(10-7-16)24-23(29)19-11-14(19)2/h3,6-10,12,14-15,19H,4-5,11H2,1-2H3,(H,24,29)(H,25,27)(H,26,28). The molecule has 2 aliphatic rings. The Balaban J connectivity index is 1.39. The van der Waals surface area contributed by atoms with E-state index in [2.05, 4.69) is 22.9 Å². The van der Waals surface area contributed by atoms with E-state index in [1.54, 1.807) is 30.3 Å². The third kappa shape index (κ3) is 4.65. The van der Waals surface area contributed by atoms with E-state index < -0.39 is 0 Å². The zero-order chi connectivity index (χ0) is 20.5. The van der Waals surface area contributed by atoms with Crippen molar-refractivity contribution in [1.82, 2.24) is 0 Å². The van der Waals surface area contributed by atoms with Gasteiger partial charge < -0.3 is 16.0 Å². The van der Waals surface area contributed by atoms with E-state index in [1.807, 2.05) is 19.1 Å². The summed E-state index contributed by atoms with van der Waals surface area (Å²) >= 11 is 0. The van der Waals surface area contributed by atoms with Gasteiger partial charge in [-0.1, -0.05) is 13.0 Å². The molecule has 2 aliphatic carbocycles. The highest BCUT2D eigenvalue weighted by molar-refractivity contribution is 6.05. The van der Waals surface area contributed by atoms with Gasteiger partial charge in [0.2, 0.25) is 11.8 Å². The molecule has 0 bridgehead atoms.